The van der Waals surface area contributed by atoms with Gasteiger partial charge >= 0.3 is 18.0 Å². The van der Waals surface area contributed by atoms with Crippen molar-refractivity contribution in [1.82, 2.24) is 4.98 Å². The molecule has 0 aliphatic carbocycles. The van der Waals surface area contributed by atoms with E-state index < -0.39 is 53.6 Å². The maximum Gasteiger partial charge on any atom is 0.460 e. The van der Waals surface area contributed by atoms with Crippen LogP contribution in [0.5, 0.6) is 0 Å². The first kappa shape index (κ1) is 23.7. The first-order valence-corrected chi connectivity index (χ1v) is 7.63. The van der Waals surface area contributed by atoms with Gasteiger partial charge in [-0.1, -0.05) is 0 Å². The number of carbonyl (C=O) groups excluding carboxylic acids is 3. The number of ketones is 3. The molecule has 1 aromatic rings. The fraction of sp³-hybridized carbons (Fsp3) is 0.500. The van der Waals surface area contributed by atoms with Crippen molar-refractivity contribution in [3.05, 3.63) is 29.6 Å². The normalized spacial score (nSPS) is 13.9. The zero-order valence-corrected chi connectivity index (χ0v) is 14.2. The van der Waals surface area contributed by atoms with Crippen LogP contribution in [0.4, 0.5) is 30.7 Å². The smallest absolute Gasteiger partial charge is 0.385 e. The van der Waals surface area contributed by atoms with E-state index in [1.54, 1.807) is 0 Å². The predicted octanol–water partition coefficient (Wildman–Crippen LogP) is 2.94. The maximum absolute atomic E-state index is 13.3. The lowest BCUT2D eigenvalue weighted by atomic mass is 10.0. The number of halogens is 7. The summed E-state index contributed by atoms with van der Waals surface area (Å²) in [5.41, 5.74) is -0.651. The van der Waals surface area contributed by atoms with Gasteiger partial charge in [0.05, 0.1) is 6.42 Å². The Kier molecular flexibility index (Phi) is 7.04. The lowest BCUT2D eigenvalue weighted by molar-refractivity contribution is -0.343. The second-order valence-electron chi connectivity index (χ2n) is 5.87. The van der Waals surface area contributed by atoms with Gasteiger partial charge in [0.1, 0.15) is 6.10 Å². The summed E-state index contributed by atoms with van der Waals surface area (Å²) in [6.45, 7) is 1.11. The molecule has 0 radical (unpaired) electrons. The lowest BCUT2D eigenvalue weighted by Gasteiger charge is -2.26. The van der Waals surface area contributed by atoms with Gasteiger partial charge in [0, 0.05) is 23.9 Å². The number of nitrogens with zero attached hydrogens (tertiary/aromatic N) is 1. The largest absolute Gasteiger partial charge is 0.460 e. The molecule has 28 heavy (non-hydrogen) atoms. The second-order valence-corrected chi connectivity index (χ2v) is 5.87. The molecule has 0 saturated carbocycles. The molecular weight excluding hydrogens is 403 g/mol. The third kappa shape index (κ3) is 5.12. The van der Waals surface area contributed by atoms with Crippen molar-refractivity contribution in [2.75, 3.05) is 0 Å². The summed E-state index contributed by atoms with van der Waals surface area (Å²) in [7, 11) is 0. The molecule has 0 bridgehead atoms. The molecule has 0 unspecified atom stereocenters. The van der Waals surface area contributed by atoms with E-state index in [4.69, 9.17) is 0 Å². The lowest BCUT2D eigenvalue weighted by Crippen LogP contribution is -2.56. The zero-order valence-electron chi connectivity index (χ0n) is 14.2. The molecule has 0 spiro atoms. The van der Waals surface area contributed by atoms with Gasteiger partial charge in [0.2, 0.25) is 5.78 Å². The van der Waals surface area contributed by atoms with E-state index in [1.807, 2.05) is 0 Å². The predicted molar refractivity (Wildman–Crippen MR) is 79.1 cm³/mol. The number of carbonyl (C=O) groups is 3. The van der Waals surface area contributed by atoms with Gasteiger partial charge in [-0.25, -0.2) is 0 Å². The number of aliphatic hydroxyl groups is 1. The standard InChI is InChI=1S/C16H14F7NO4/c1-8(25)11(26)4-5-12(27)9-2-3-10(24-7-9)6-13(28)14(17,18)15(19,20)16(21,22)23/h2-3,7,11,26H,4-6H2,1H3/t11-/m0/s1. The Morgan fingerprint density at radius 1 is 1.07 bits per heavy atom. The van der Waals surface area contributed by atoms with E-state index in [0.29, 0.717) is 0 Å². The number of aliphatic hydroxyl groups excluding tert-OH is 1. The molecule has 1 heterocycles. The van der Waals surface area contributed by atoms with Crippen molar-refractivity contribution in [2.45, 2.75) is 50.3 Å². The summed E-state index contributed by atoms with van der Waals surface area (Å²) >= 11 is 0. The number of rotatable bonds is 9. The summed E-state index contributed by atoms with van der Waals surface area (Å²) < 4.78 is 88.4. The Labute approximate surface area is 153 Å². The van der Waals surface area contributed by atoms with Crippen LogP contribution in [0.15, 0.2) is 18.3 Å². The molecule has 0 amide bonds. The third-order valence-corrected chi connectivity index (χ3v) is 3.70. The molecule has 0 fully saturated rings. The van der Waals surface area contributed by atoms with Gasteiger partial charge < -0.3 is 5.11 Å². The Hall–Kier alpha value is -2.37. The van der Waals surface area contributed by atoms with Crippen molar-refractivity contribution >= 4 is 17.3 Å². The zero-order chi connectivity index (χ0) is 21.9. The van der Waals surface area contributed by atoms with Crippen LogP contribution < -0.4 is 0 Å². The third-order valence-electron chi connectivity index (χ3n) is 3.70. The molecule has 1 rings (SSSR count). The maximum atomic E-state index is 13.3. The van der Waals surface area contributed by atoms with Gasteiger partial charge in [0.25, 0.3) is 0 Å². The summed E-state index contributed by atoms with van der Waals surface area (Å²) in [5, 5.41) is 9.30. The number of aromatic nitrogens is 1. The van der Waals surface area contributed by atoms with Crippen LogP contribution in [0.2, 0.25) is 0 Å². The Morgan fingerprint density at radius 3 is 2.07 bits per heavy atom. The van der Waals surface area contributed by atoms with Gasteiger partial charge in [-0.15, -0.1) is 0 Å². The molecule has 0 aliphatic heterocycles. The number of pyridine rings is 1. The molecule has 0 saturated heterocycles. The highest BCUT2D eigenvalue weighted by Gasteiger charge is 2.75. The molecular formula is C16H14F7NO4. The fourth-order valence-electron chi connectivity index (χ4n) is 1.94. The topological polar surface area (TPSA) is 84.3 Å². The summed E-state index contributed by atoms with van der Waals surface area (Å²) in [6, 6.07) is 1.84. The molecule has 0 aromatic carbocycles. The number of hydrogen-bond donors (Lipinski definition) is 1. The van der Waals surface area contributed by atoms with Gasteiger partial charge in [-0.2, -0.15) is 30.7 Å². The van der Waals surface area contributed by atoms with Crippen molar-refractivity contribution in [3.63, 3.8) is 0 Å². The van der Waals surface area contributed by atoms with Crippen LogP contribution in [-0.4, -0.2) is 51.6 Å². The molecule has 5 nitrogen and oxygen atoms in total. The SMILES string of the molecule is CC(=O)[C@@H](O)CCC(=O)c1ccc(CC(=O)C(F)(F)C(F)(F)C(F)(F)F)nc1. The minimum Gasteiger partial charge on any atom is -0.385 e. The first-order valence-electron chi connectivity index (χ1n) is 7.63. The highest BCUT2D eigenvalue weighted by Crippen LogP contribution is 2.47. The number of alkyl halides is 7. The van der Waals surface area contributed by atoms with E-state index in [2.05, 4.69) is 4.98 Å². The summed E-state index contributed by atoms with van der Waals surface area (Å²) in [4.78, 5) is 37.4. The number of Topliss-reactive ketones (excluding diaryl/α,β-unsaturated/α-hetero) is 3. The van der Waals surface area contributed by atoms with E-state index in [1.165, 1.54) is 0 Å². The quantitative estimate of drug-likeness (QED) is 0.494. The van der Waals surface area contributed by atoms with Crippen molar-refractivity contribution < 1.29 is 50.2 Å². The van der Waals surface area contributed by atoms with Crippen LogP contribution in [0, 0.1) is 0 Å². The fourth-order valence-corrected chi connectivity index (χ4v) is 1.94. The van der Waals surface area contributed by atoms with Crippen LogP contribution in [0.25, 0.3) is 0 Å². The van der Waals surface area contributed by atoms with Gasteiger partial charge in [-0.05, 0) is 25.5 Å². The molecule has 1 N–H and O–H groups in total. The van der Waals surface area contributed by atoms with Crippen LogP contribution in [0.1, 0.15) is 35.8 Å². The molecule has 1 atom stereocenters. The highest BCUT2D eigenvalue weighted by molar-refractivity contribution is 5.96. The van der Waals surface area contributed by atoms with Crippen molar-refractivity contribution in [3.8, 4) is 0 Å². The average molecular weight is 417 g/mol. The Balaban J connectivity index is 2.83. The minimum atomic E-state index is -6.62. The summed E-state index contributed by atoms with van der Waals surface area (Å²) in [6.07, 6.45) is -9.14. The second kappa shape index (κ2) is 8.33. The van der Waals surface area contributed by atoms with E-state index in [9.17, 15) is 50.2 Å². The van der Waals surface area contributed by atoms with Crippen LogP contribution in [0.3, 0.4) is 0 Å². The Bertz CT molecular complexity index is 744. The first-order chi connectivity index (χ1) is 12.6. The van der Waals surface area contributed by atoms with Gasteiger partial charge in [-0.3, -0.25) is 19.4 Å². The van der Waals surface area contributed by atoms with Crippen LogP contribution in [-0.2, 0) is 16.0 Å². The molecule has 156 valence electrons. The minimum absolute atomic E-state index is 0.0978. The van der Waals surface area contributed by atoms with Crippen molar-refractivity contribution in [2.24, 2.45) is 0 Å². The van der Waals surface area contributed by atoms with E-state index in [0.717, 1.165) is 25.3 Å². The molecule has 0 aliphatic rings. The van der Waals surface area contributed by atoms with Gasteiger partial charge in [0.15, 0.2) is 11.6 Å². The summed E-state index contributed by atoms with van der Waals surface area (Å²) in [5.74, 6) is -16.4. The van der Waals surface area contributed by atoms with E-state index in [-0.39, 0.29) is 18.4 Å². The van der Waals surface area contributed by atoms with Crippen LogP contribution >= 0.6 is 0 Å². The molecule has 12 heteroatoms. The highest BCUT2D eigenvalue weighted by atomic mass is 19.4. The average Bonchev–Trinajstić information content (AvgIpc) is 2.58. The number of hydrogen-bond acceptors (Lipinski definition) is 5. The van der Waals surface area contributed by atoms with Crippen molar-refractivity contribution in [1.29, 1.82) is 0 Å². The molecule has 1 aromatic heterocycles. The monoisotopic (exact) mass is 417 g/mol. The Morgan fingerprint density at radius 2 is 1.64 bits per heavy atom. The van der Waals surface area contributed by atoms with E-state index >= 15 is 0 Å².